The summed E-state index contributed by atoms with van der Waals surface area (Å²) in [5.74, 6) is 0.751. The summed E-state index contributed by atoms with van der Waals surface area (Å²) < 4.78 is 2.91. The average molecular weight is 329 g/mol. The summed E-state index contributed by atoms with van der Waals surface area (Å²) in [6.45, 7) is 9.38. The van der Waals surface area contributed by atoms with Crippen LogP contribution >= 0.6 is 15.9 Å². The molecule has 108 valence electrons. The lowest BCUT2D eigenvalue weighted by Gasteiger charge is -2.15. The van der Waals surface area contributed by atoms with Crippen molar-refractivity contribution in [2.75, 3.05) is 0 Å². The fourth-order valence-corrected chi connectivity index (χ4v) is 2.59. The molecule has 4 heteroatoms. The van der Waals surface area contributed by atoms with E-state index >= 15 is 0 Å². The molecule has 1 heterocycles. The SMILES string of the molecule is CCn1cc(Br)cc1C(=O)NC(C)CCCC(C)C. The van der Waals surface area contributed by atoms with Crippen molar-refractivity contribution in [1.29, 1.82) is 0 Å². The molecule has 19 heavy (non-hydrogen) atoms. The first-order valence-electron chi connectivity index (χ1n) is 7.10. The quantitative estimate of drug-likeness (QED) is 0.799. The van der Waals surface area contributed by atoms with Gasteiger partial charge in [-0.05, 0) is 48.2 Å². The fraction of sp³-hybridized carbons (Fsp3) is 0.667. The summed E-state index contributed by atoms with van der Waals surface area (Å²) in [7, 11) is 0. The molecule has 1 N–H and O–H groups in total. The number of nitrogens with zero attached hydrogens (tertiary/aromatic N) is 1. The maximum atomic E-state index is 12.2. The molecule has 0 aliphatic carbocycles. The van der Waals surface area contributed by atoms with Crippen LogP contribution in [0.15, 0.2) is 16.7 Å². The molecule has 1 atom stereocenters. The van der Waals surface area contributed by atoms with Gasteiger partial charge in [0, 0.05) is 23.3 Å². The Bertz CT molecular complexity index is 412. The highest BCUT2D eigenvalue weighted by Crippen LogP contribution is 2.15. The van der Waals surface area contributed by atoms with Crippen LogP contribution in [-0.2, 0) is 6.54 Å². The molecule has 0 aromatic carbocycles. The van der Waals surface area contributed by atoms with Gasteiger partial charge in [0.05, 0.1) is 0 Å². The van der Waals surface area contributed by atoms with Gasteiger partial charge in [-0.15, -0.1) is 0 Å². The van der Waals surface area contributed by atoms with E-state index in [0.29, 0.717) is 0 Å². The van der Waals surface area contributed by atoms with E-state index in [9.17, 15) is 4.79 Å². The summed E-state index contributed by atoms with van der Waals surface area (Å²) in [5.41, 5.74) is 0.727. The van der Waals surface area contributed by atoms with Gasteiger partial charge in [-0.25, -0.2) is 0 Å². The van der Waals surface area contributed by atoms with Crippen LogP contribution in [0.2, 0.25) is 0 Å². The standard InChI is InChI=1S/C15H25BrN2O/c1-5-18-10-13(16)9-14(18)15(19)17-12(4)8-6-7-11(2)3/h9-12H,5-8H2,1-4H3,(H,17,19). The maximum Gasteiger partial charge on any atom is 0.268 e. The number of aromatic nitrogens is 1. The molecule has 0 aliphatic rings. The fourth-order valence-electron chi connectivity index (χ4n) is 2.13. The lowest BCUT2D eigenvalue weighted by molar-refractivity contribution is 0.0928. The number of amides is 1. The first kappa shape index (κ1) is 16.3. The van der Waals surface area contributed by atoms with Crippen molar-refractivity contribution in [2.24, 2.45) is 5.92 Å². The highest BCUT2D eigenvalue weighted by atomic mass is 79.9. The molecule has 0 aliphatic heterocycles. The molecular formula is C15H25BrN2O. The molecule has 1 rings (SSSR count). The van der Waals surface area contributed by atoms with Crippen LogP contribution in [0.1, 0.15) is 57.4 Å². The summed E-state index contributed by atoms with van der Waals surface area (Å²) >= 11 is 3.42. The Hall–Kier alpha value is -0.770. The Kier molecular flexibility index (Phi) is 6.63. The molecule has 3 nitrogen and oxygen atoms in total. The first-order valence-corrected chi connectivity index (χ1v) is 7.89. The number of carbonyl (C=O) groups excluding carboxylic acids is 1. The predicted octanol–water partition coefficient (Wildman–Crippen LogP) is 4.22. The van der Waals surface area contributed by atoms with Gasteiger partial charge in [0.2, 0.25) is 0 Å². The second-order valence-electron chi connectivity index (χ2n) is 5.53. The Morgan fingerprint density at radius 2 is 2.05 bits per heavy atom. The molecule has 1 aromatic heterocycles. The number of rotatable bonds is 7. The molecule has 1 unspecified atom stereocenters. The van der Waals surface area contributed by atoms with Crippen molar-refractivity contribution in [1.82, 2.24) is 9.88 Å². The molecule has 1 aromatic rings. The van der Waals surface area contributed by atoms with E-state index in [1.54, 1.807) is 0 Å². The van der Waals surface area contributed by atoms with Gasteiger partial charge in [-0.2, -0.15) is 0 Å². The van der Waals surface area contributed by atoms with Crippen molar-refractivity contribution in [3.63, 3.8) is 0 Å². The first-order chi connectivity index (χ1) is 8.93. The maximum absolute atomic E-state index is 12.2. The van der Waals surface area contributed by atoms with Crippen LogP contribution in [0, 0.1) is 5.92 Å². The third-order valence-corrected chi connectivity index (χ3v) is 3.67. The van der Waals surface area contributed by atoms with Crippen molar-refractivity contribution < 1.29 is 4.79 Å². The van der Waals surface area contributed by atoms with Gasteiger partial charge in [-0.1, -0.05) is 26.7 Å². The van der Waals surface area contributed by atoms with Gasteiger partial charge in [0.1, 0.15) is 5.69 Å². The zero-order chi connectivity index (χ0) is 14.4. The smallest absolute Gasteiger partial charge is 0.268 e. The van der Waals surface area contributed by atoms with Crippen molar-refractivity contribution in [3.8, 4) is 0 Å². The zero-order valence-electron chi connectivity index (χ0n) is 12.4. The molecule has 0 radical (unpaired) electrons. The van der Waals surface area contributed by atoms with Crippen LogP contribution in [0.3, 0.4) is 0 Å². The van der Waals surface area contributed by atoms with E-state index in [2.05, 4.69) is 42.0 Å². The number of carbonyl (C=O) groups is 1. The molecular weight excluding hydrogens is 304 g/mol. The second-order valence-corrected chi connectivity index (χ2v) is 6.44. The summed E-state index contributed by atoms with van der Waals surface area (Å²) in [4.78, 5) is 12.2. The second kappa shape index (κ2) is 7.73. The molecule has 0 saturated carbocycles. The number of halogens is 1. The van der Waals surface area contributed by atoms with Gasteiger partial charge in [-0.3, -0.25) is 4.79 Å². The average Bonchev–Trinajstić information content (AvgIpc) is 2.70. The molecule has 0 spiro atoms. The molecule has 0 fully saturated rings. The van der Waals surface area contributed by atoms with Crippen LogP contribution < -0.4 is 5.32 Å². The molecule has 0 saturated heterocycles. The van der Waals surface area contributed by atoms with E-state index in [4.69, 9.17) is 0 Å². The summed E-state index contributed by atoms with van der Waals surface area (Å²) in [6.07, 6.45) is 5.37. The summed E-state index contributed by atoms with van der Waals surface area (Å²) in [6, 6.07) is 2.10. The Balaban J connectivity index is 2.49. The van der Waals surface area contributed by atoms with E-state index in [1.165, 1.54) is 6.42 Å². The number of aryl methyl sites for hydroxylation is 1. The van der Waals surface area contributed by atoms with Gasteiger partial charge >= 0.3 is 0 Å². The summed E-state index contributed by atoms with van der Waals surface area (Å²) in [5, 5.41) is 3.08. The Labute approximate surface area is 124 Å². The van der Waals surface area contributed by atoms with E-state index < -0.39 is 0 Å². The number of nitrogens with one attached hydrogen (secondary N) is 1. The van der Waals surface area contributed by atoms with Crippen LogP contribution in [0.5, 0.6) is 0 Å². The minimum atomic E-state index is 0.0181. The minimum Gasteiger partial charge on any atom is -0.348 e. The van der Waals surface area contributed by atoms with E-state index in [1.807, 2.05) is 23.8 Å². The number of hydrogen-bond acceptors (Lipinski definition) is 1. The van der Waals surface area contributed by atoms with Crippen LogP contribution in [0.4, 0.5) is 0 Å². The van der Waals surface area contributed by atoms with E-state index in [-0.39, 0.29) is 11.9 Å². The third-order valence-electron chi connectivity index (χ3n) is 3.23. The topological polar surface area (TPSA) is 34.0 Å². The molecule has 1 amide bonds. The van der Waals surface area contributed by atoms with Gasteiger partial charge < -0.3 is 9.88 Å². The zero-order valence-corrected chi connectivity index (χ0v) is 14.0. The van der Waals surface area contributed by atoms with Gasteiger partial charge in [0.15, 0.2) is 0 Å². The molecule has 0 bridgehead atoms. The minimum absolute atomic E-state index is 0.0181. The highest BCUT2D eigenvalue weighted by Gasteiger charge is 2.14. The van der Waals surface area contributed by atoms with E-state index in [0.717, 1.165) is 35.5 Å². The monoisotopic (exact) mass is 328 g/mol. The third kappa shape index (κ3) is 5.39. The lowest BCUT2D eigenvalue weighted by atomic mass is 10.0. The largest absolute Gasteiger partial charge is 0.348 e. The van der Waals surface area contributed by atoms with Crippen molar-refractivity contribution in [2.45, 2.75) is 59.5 Å². The highest BCUT2D eigenvalue weighted by molar-refractivity contribution is 9.10. The van der Waals surface area contributed by atoms with Crippen molar-refractivity contribution in [3.05, 3.63) is 22.4 Å². The Morgan fingerprint density at radius 3 is 2.63 bits per heavy atom. The number of hydrogen-bond donors (Lipinski definition) is 1. The Morgan fingerprint density at radius 1 is 1.37 bits per heavy atom. The lowest BCUT2D eigenvalue weighted by Crippen LogP contribution is -2.33. The van der Waals surface area contributed by atoms with Crippen LogP contribution in [-0.4, -0.2) is 16.5 Å². The predicted molar refractivity (Wildman–Crippen MR) is 83.4 cm³/mol. The van der Waals surface area contributed by atoms with Crippen LogP contribution in [0.25, 0.3) is 0 Å². The normalized spacial score (nSPS) is 12.7. The van der Waals surface area contributed by atoms with Gasteiger partial charge in [0.25, 0.3) is 5.91 Å². The van der Waals surface area contributed by atoms with Crippen molar-refractivity contribution >= 4 is 21.8 Å².